The molecule has 0 radical (unpaired) electrons. The highest BCUT2D eigenvalue weighted by Crippen LogP contribution is 2.18. The highest BCUT2D eigenvalue weighted by molar-refractivity contribution is 5.90. The van der Waals surface area contributed by atoms with Gasteiger partial charge in [0, 0.05) is 12.0 Å². The Morgan fingerprint density at radius 1 is 1.43 bits per heavy atom. The first-order chi connectivity index (χ1) is 10.0. The molecule has 1 aromatic carbocycles. The summed E-state index contributed by atoms with van der Waals surface area (Å²) in [5, 5.41) is 9.02. The van der Waals surface area contributed by atoms with E-state index < -0.39 is 23.6 Å². The molecular formula is C14H16F2N4O. The number of nitrogens with one attached hydrogen (secondary N) is 2. The second kappa shape index (κ2) is 6.43. The SMILES string of the molecule is CCCc1nc(C(=O)NC(C)c2cc(F)ccc2F)n[nH]1. The maximum absolute atomic E-state index is 13.6. The largest absolute Gasteiger partial charge is 0.343 e. The Kier molecular flexibility index (Phi) is 4.62. The molecule has 0 aliphatic rings. The van der Waals surface area contributed by atoms with Gasteiger partial charge in [0.25, 0.3) is 5.91 Å². The third-order valence-corrected chi connectivity index (χ3v) is 2.99. The summed E-state index contributed by atoms with van der Waals surface area (Å²) in [7, 11) is 0. The molecule has 2 N–H and O–H groups in total. The van der Waals surface area contributed by atoms with Gasteiger partial charge in [-0.2, -0.15) is 0 Å². The van der Waals surface area contributed by atoms with Crippen molar-refractivity contribution in [2.45, 2.75) is 32.7 Å². The van der Waals surface area contributed by atoms with Crippen LogP contribution in [0.1, 0.15) is 48.3 Å². The van der Waals surface area contributed by atoms with E-state index in [1.807, 2.05) is 6.92 Å². The topological polar surface area (TPSA) is 70.7 Å². The summed E-state index contributed by atoms with van der Waals surface area (Å²) in [4.78, 5) is 16.0. The Balaban J connectivity index is 2.09. The molecule has 0 aliphatic heterocycles. The summed E-state index contributed by atoms with van der Waals surface area (Å²) in [5.41, 5.74) is 0.0765. The van der Waals surface area contributed by atoms with Crippen LogP contribution in [0.25, 0.3) is 0 Å². The third-order valence-electron chi connectivity index (χ3n) is 2.99. The van der Waals surface area contributed by atoms with Crippen LogP contribution in [0.3, 0.4) is 0 Å². The fourth-order valence-electron chi connectivity index (χ4n) is 1.93. The molecule has 1 unspecified atom stereocenters. The van der Waals surface area contributed by atoms with Crippen LogP contribution < -0.4 is 5.32 Å². The average Bonchev–Trinajstić information content (AvgIpc) is 2.90. The van der Waals surface area contributed by atoms with E-state index in [4.69, 9.17) is 0 Å². The Morgan fingerprint density at radius 2 is 2.19 bits per heavy atom. The number of aryl methyl sites for hydroxylation is 1. The maximum atomic E-state index is 13.6. The molecule has 1 atom stereocenters. The van der Waals surface area contributed by atoms with Gasteiger partial charge in [-0.25, -0.2) is 13.8 Å². The molecule has 21 heavy (non-hydrogen) atoms. The van der Waals surface area contributed by atoms with E-state index in [-0.39, 0.29) is 11.4 Å². The van der Waals surface area contributed by atoms with Crippen molar-refractivity contribution < 1.29 is 13.6 Å². The molecule has 0 bridgehead atoms. The number of carbonyl (C=O) groups excluding carboxylic acids is 1. The first-order valence-corrected chi connectivity index (χ1v) is 6.68. The second-order valence-electron chi connectivity index (χ2n) is 4.72. The van der Waals surface area contributed by atoms with E-state index in [1.165, 1.54) is 0 Å². The van der Waals surface area contributed by atoms with Crippen molar-refractivity contribution in [3.8, 4) is 0 Å². The minimum Gasteiger partial charge on any atom is -0.343 e. The number of aromatic nitrogens is 3. The Hall–Kier alpha value is -2.31. The van der Waals surface area contributed by atoms with E-state index in [0.29, 0.717) is 12.2 Å². The van der Waals surface area contributed by atoms with Crippen LogP contribution in [0.5, 0.6) is 0 Å². The highest BCUT2D eigenvalue weighted by atomic mass is 19.1. The van der Waals surface area contributed by atoms with Crippen molar-refractivity contribution >= 4 is 5.91 Å². The van der Waals surface area contributed by atoms with Gasteiger partial charge in [-0.1, -0.05) is 6.92 Å². The maximum Gasteiger partial charge on any atom is 0.291 e. The second-order valence-corrected chi connectivity index (χ2v) is 4.72. The minimum absolute atomic E-state index is 0.0119. The number of benzene rings is 1. The molecule has 0 saturated heterocycles. The normalized spacial score (nSPS) is 12.2. The number of halogens is 2. The van der Waals surface area contributed by atoms with Crippen molar-refractivity contribution in [2.75, 3.05) is 0 Å². The first-order valence-electron chi connectivity index (χ1n) is 6.68. The van der Waals surface area contributed by atoms with Gasteiger partial charge < -0.3 is 5.32 Å². The number of amides is 1. The summed E-state index contributed by atoms with van der Waals surface area (Å²) in [6.45, 7) is 3.55. The summed E-state index contributed by atoms with van der Waals surface area (Å²) in [6.07, 6.45) is 1.56. The van der Waals surface area contributed by atoms with Gasteiger partial charge in [-0.3, -0.25) is 9.89 Å². The van der Waals surface area contributed by atoms with Crippen molar-refractivity contribution in [1.29, 1.82) is 0 Å². The van der Waals surface area contributed by atoms with E-state index in [9.17, 15) is 13.6 Å². The van der Waals surface area contributed by atoms with Gasteiger partial charge in [0.2, 0.25) is 5.82 Å². The smallest absolute Gasteiger partial charge is 0.291 e. The minimum atomic E-state index is -0.693. The number of hydrogen-bond acceptors (Lipinski definition) is 3. The van der Waals surface area contributed by atoms with Crippen LogP contribution in [0, 0.1) is 11.6 Å². The van der Waals surface area contributed by atoms with Crippen molar-refractivity contribution in [1.82, 2.24) is 20.5 Å². The van der Waals surface area contributed by atoms with Gasteiger partial charge in [-0.05, 0) is 31.5 Å². The van der Waals surface area contributed by atoms with Crippen LogP contribution >= 0.6 is 0 Å². The molecule has 1 amide bonds. The zero-order valence-corrected chi connectivity index (χ0v) is 11.8. The molecule has 0 saturated carbocycles. The predicted octanol–water partition coefficient (Wildman–Crippen LogP) is 2.53. The molecular weight excluding hydrogens is 278 g/mol. The lowest BCUT2D eigenvalue weighted by Gasteiger charge is -2.13. The monoisotopic (exact) mass is 294 g/mol. The molecule has 1 heterocycles. The quantitative estimate of drug-likeness (QED) is 0.890. The standard InChI is InChI=1S/C14H16F2N4O/c1-3-4-12-18-13(20-19-12)14(21)17-8(2)10-7-9(15)5-6-11(10)16/h5-8H,3-4H2,1-2H3,(H,17,21)(H,18,19,20). The third kappa shape index (κ3) is 3.62. The van der Waals surface area contributed by atoms with Gasteiger partial charge in [0.1, 0.15) is 17.5 Å². The Morgan fingerprint density at radius 3 is 2.90 bits per heavy atom. The lowest BCUT2D eigenvalue weighted by Crippen LogP contribution is -2.28. The number of rotatable bonds is 5. The van der Waals surface area contributed by atoms with Crippen LogP contribution in [0.2, 0.25) is 0 Å². The van der Waals surface area contributed by atoms with Crippen molar-refractivity contribution in [3.63, 3.8) is 0 Å². The van der Waals surface area contributed by atoms with E-state index in [0.717, 1.165) is 24.6 Å². The van der Waals surface area contributed by atoms with E-state index in [2.05, 4.69) is 20.5 Å². The van der Waals surface area contributed by atoms with Crippen molar-refractivity contribution in [3.05, 3.63) is 47.0 Å². The Labute approximate surface area is 120 Å². The predicted molar refractivity (Wildman–Crippen MR) is 72.6 cm³/mol. The molecule has 0 fully saturated rings. The fourth-order valence-corrected chi connectivity index (χ4v) is 1.93. The van der Waals surface area contributed by atoms with Gasteiger partial charge in [-0.15, -0.1) is 5.10 Å². The lowest BCUT2D eigenvalue weighted by atomic mass is 10.1. The molecule has 112 valence electrons. The number of H-pyrrole nitrogens is 1. The van der Waals surface area contributed by atoms with Gasteiger partial charge in [0.05, 0.1) is 6.04 Å². The van der Waals surface area contributed by atoms with Crippen LogP contribution in [-0.2, 0) is 6.42 Å². The molecule has 0 aliphatic carbocycles. The number of nitrogens with zero attached hydrogens (tertiary/aromatic N) is 2. The summed E-state index contributed by atoms with van der Waals surface area (Å²) in [6, 6.07) is 2.42. The van der Waals surface area contributed by atoms with Gasteiger partial charge in [0.15, 0.2) is 0 Å². The first kappa shape index (κ1) is 15.1. The van der Waals surface area contributed by atoms with Crippen LogP contribution in [0.4, 0.5) is 8.78 Å². The zero-order chi connectivity index (χ0) is 15.4. The summed E-state index contributed by atoms with van der Waals surface area (Å²) >= 11 is 0. The molecule has 1 aromatic heterocycles. The van der Waals surface area contributed by atoms with Crippen LogP contribution in [0.15, 0.2) is 18.2 Å². The molecule has 5 nitrogen and oxygen atoms in total. The molecule has 2 rings (SSSR count). The van der Waals surface area contributed by atoms with E-state index in [1.54, 1.807) is 6.92 Å². The zero-order valence-electron chi connectivity index (χ0n) is 11.8. The average molecular weight is 294 g/mol. The van der Waals surface area contributed by atoms with E-state index >= 15 is 0 Å². The summed E-state index contributed by atoms with van der Waals surface area (Å²) in [5.74, 6) is -1.07. The molecule has 7 heteroatoms. The number of carbonyl (C=O) groups is 1. The van der Waals surface area contributed by atoms with Crippen LogP contribution in [-0.4, -0.2) is 21.1 Å². The summed E-state index contributed by atoms with van der Waals surface area (Å²) < 4.78 is 26.8. The molecule has 0 spiro atoms. The fraction of sp³-hybridized carbons (Fsp3) is 0.357. The molecule has 2 aromatic rings. The highest BCUT2D eigenvalue weighted by Gasteiger charge is 2.18. The lowest BCUT2D eigenvalue weighted by molar-refractivity contribution is 0.0929. The Bertz CT molecular complexity index is 642. The van der Waals surface area contributed by atoms with Gasteiger partial charge >= 0.3 is 0 Å². The number of aromatic amines is 1. The van der Waals surface area contributed by atoms with Crippen molar-refractivity contribution in [2.24, 2.45) is 0 Å². The number of hydrogen-bond donors (Lipinski definition) is 2.